The Bertz CT molecular complexity index is 1890. The number of aromatic nitrogens is 4. The molecule has 0 fully saturated rings. The first kappa shape index (κ1) is 30.8. The van der Waals surface area contributed by atoms with Gasteiger partial charge in [0.05, 0.1) is 30.4 Å². The number of carbonyl (C=O) groups excluding carboxylic acids is 1. The zero-order chi connectivity index (χ0) is 32.4. The number of carbonyl (C=O) groups is 1. The van der Waals surface area contributed by atoms with Gasteiger partial charge in [0.15, 0.2) is 0 Å². The van der Waals surface area contributed by atoms with Crippen molar-refractivity contribution in [3.63, 3.8) is 0 Å². The van der Waals surface area contributed by atoms with Crippen molar-refractivity contribution in [3.05, 3.63) is 101 Å². The highest BCUT2D eigenvalue weighted by molar-refractivity contribution is 6.00. The van der Waals surface area contributed by atoms with Crippen molar-refractivity contribution in [2.24, 2.45) is 19.1 Å². The highest BCUT2D eigenvalue weighted by atomic mass is 16.5. The van der Waals surface area contributed by atoms with Crippen molar-refractivity contribution < 1.29 is 9.53 Å². The number of anilines is 1. The summed E-state index contributed by atoms with van der Waals surface area (Å²) >= 11 is 0. The quantitative estimate of drug-likeness (QED) is 0.270. The summed E-state index contributed by atoms with van der Waals surface area (Å²) in [6, 6.07) is 14.1. The van der Waals surface area contributed by atoms with E-state index in [1.807, 2.05) is 87.5 Å². The van der Waals surface area contributed by atoms with Crippen molar-refractivity contribution in [3.8, 4) is 28.1 Å². The Balaban J connectivity index is 1.23. The maximum atomic E-state index is 13.0. The molecule has 6 rings (SSSR count). The number of hydrogen-bond donors (Lipinski definition) is 1. The maximum Gasteiger partial charge on any atom is 0.253 e. The predicted octanol–water partition coefficient (Wildman–Crippen LogP) is 5.42. The SMILES string of the molecule is COc1cc(C(=O)N(C)CCN(C)C)ccc1NC1=C/C=C/C2=C(C=N1)CCc1nn(C)c(-c3ccc(-c4cnn(C)c4)cc3)c12. The van der Waals surface area contributed by atoms with Gasteiger partial charge in [0.2, 0.25) is 0 Å². The summed E-state index contributed by atoms with van der Waals surface area (Å²) in [5, 5.41) is 12.6. The Morgan fingerprint density at radius 2 is 1.78 bits per heavy atom. The standard InChI is InChI=1S/C36H40N8O2/c1-41(2)18-19-42(3)36(45)26-14-16-30(32(20-26)46-6)39-33-9-7-8-29-27(21-37-33)15-17-31-34(29)35(44(5)40-31)25-12-10-24(11-13-25)28-22-38-43(4)23-28/h7-14,16,20-23H,15,17-19H2,1-6H3,(H,37,39). The second kappa shape index (κ2) is 13.0. The topological polar surface area (TPSA) is 92.8 Å². The first-order valence-corrected chi connectivity index (χ1v) is 15.4. The minimum atomic E-state index is -0.0480. The third-order valence-corrected chi connectivity index (χ3v) is 8.38. The summed E-state index contributed by atoms with van der Waals surface area (Å²) in [5.74, 6) is 1.20. The van der Waals surface area contributed by atoms with Crippen molar-refractivity contribution in [1.82, 2.24) is 29.4 Å². The first-order chi connectivity index (χ1) is 22.2. The van der Waals surface area contributed by atoms with Gasteiger partial charge >= 0.3 is 0 Å². The minimum absolute atomic E-state index is 0.0480. The summed E-state index contributed by atoms with van der Waals surface area (Å²) < 4.78 is 9.47. The van der Waals surface area contributed by atoms with Gasteiger partial charge in [-0.25, -0.2) is 4.99 Å². The summed E-state index contributed by atoms with van der Waals surface area (Å²) in [4.78, 5) is 21.6. The molecular formula is C36H40N8O2. The fourth-order valence-corrected chi connectivity index (χ4v) is 5.87. The monoisotopic (exact) mass is 616 g/mol. The molecule has 46 heavy (non-hydrogen) atoms. The number of allylic oxidation sites excluding steroid dienone is 5. The lowest BCUT2D eigenvalue weighted by atomic mass is 9.86. The Morgan fingerprint density at radius 1 is 1.00 bits per heavy atom. The molecule has 3 heterocycles. The molecule has 2 aromatic carbocycles. The predicted molar refractivity (Wildman–Crippen MR) is 184 cm³/mol. The van der Waals surface area contributed by atoms with E-state index in [1.165, 1.54) is 0 Å². The van der Waals surface area contributed by atoms with Crippen molar-refractivity contribution in [1.29, 1.82) is 0 Å². The number of fused-ring (bicyclic) bond motifs is 2. The van der Waals surface area contributed by atoms with E-state index >= 15 is 0 Å². The van der Waals surface area contributed by atoms with E-state index in [1.54, 1.807) is 18.1 Å². The molecule has 0 spiro atoms. The number of nitrogens with one attached hydrogen (secondary N) is 1. The number of nitrogens with zero attached hydrogens (tertiary/aromatic N) is 7. The zero-order valence-electron chi connectivity index (χ0n) is 27.3. The van der Waals surface area contributed by atoms with Gasteiger partial charge in [-0.1, -0.05) is 36.4 Å². The van der Waals surface area contributed by atoms with Crippen LogP contribution in [0.15, 0.2) is 89.5 Å². The van der Waals surface area contributed by atoms with Crippen LogP contribution in [0.4, 0.5) is 5.69 Å². The molecule has 0 radical (unpaired) electrons. The molecule has 0 unspecified atom stereocenters. The normalized spacial score (nSPS) is 14.7. The van der Waals surface area contributed by atoms with E-state index < -0.39 is 0 Å². The van der Waals surface area contributed by atoms with Crippen LogP contribution in [0.3, 0.4) is 0 Å². The third-order valence-electron chi connectivity index (χ3n) is 8.38. The molecular weight excluding hydrogens is 576 g/mol. The van der Waals surface area contributed by atoms with Crippen LogP contribution in [0.1, 0.15) is 28.0 Å². The Morgan fingerprint density at radius 3 is 2.50 bits per heavy atom. The molecule has 0 atom stereocenters. The second-order valence-corrected chi connectivity index (χ2v) is 12.0. The number of ether oxygens (including phenoxy) is 1. The number of amides is 1. The van der Waals surface area contributed by atoms with E-state index in [2.05, 4.69) is 45.7 Å². The largest absolute Gasteiger partial charge is 0.495 e. The Labute approximate surface area is 270 Å². The van der Waals surface area contributed by atoms with E-state index in [9.17, 15) is 4.79 Å². The van der Waals surface area contributed by atoms with Crippen molar-refractivity contribution in [2.45, 2.75) is 12.8 Å². The second-order valence-electron chi connectivity index (χ2n) is 12.0. The molecule has 10 heteroatoms. The number of aliphatic imine (C=N–C) groups is 1. The highest BCUT2D eigenvalue weighted by Crippen LogP contribution is 2.39. The molecule has 236 valence electrons. The van der Waals surface area contributed by atoms with Gasteiger partial charge in [0.25, 0.3) is 5.91 Å². The van der Waals surface area contributed by atoms with Crippen molar-refractivity contribution in [2.75, 3.05) is 46.7 Å². The summed E-state index contributed by atoms with van der Waals surface area (Å²) in [5.41, 5.74) is 10.3. The highest BCUT2D eigenvalue weighted by Gasteiger charge is 2.26. The van der Waals surface area contributed by atoms with Crippen molar-refractivity contribution >= 4 is 23.4 Å². The van der Waals surface area contributed by atoms with Crippen LogP contribution in [0.2, 0.25) is 0 Å². The molecule has 0 saturated heterocycles. The van der Waals surface area contributed by atoms with Crippen LogP contribution in [0.5, 0.6) is 5.75 Å². The van der Waals surface area contributed by atoms with Gasteiger partial charge in [-0.05, 0) is 67.9 Å². The minimum Gasteiger partial charge on any atom is -0.495 e. The average molecular weight is 617 g/mol. The number of methoxy groups -OCH3 is 1. The number of likely N-dealkylation sites (N-methyl/N-ethyl adjacent to an activating group) is 2. The van der Waals surface area contributed by atoms with E-state index in [0.717, 1.165) is 69.9 Å². The zero-order valence-corrected chi connectivity index (χ0v) is 27.3. The smallest absolute Gasteiger partial charge is 0.253 e. The molecule has 0 bridgehead atoms. The van der Waals surface area contributed by atoms with Gasteiger partial charge in [-0.2, -0.15) is 10.2 Å². The lowest BCUT2D eigenvalue weighted by Crippen LogP contribution is -2.33. The van der Waals surface area contributed by atoms with Gasteiger partial charge in [-0.15, -0.1) is 0 Å². The summed E-state index contributed by atoms with van der Waals surface area (Å²) in [7, 11) is 11.3. The van der Waals surface area contributed by atoms with Crippen LogP contribution < -0.4 is 10.1 Å². The lowest BCUT2D eigenvalue weighted by Gasteiger charge is -2.21. The molecule has 1 aliphatic heterocycles. The Kier molecular flexibility index (Phi) is 8.72. The van der Waals surface area contributed by atoms with Gasteiger partial charge in [-0.3, -0.25) is 14.2 Å². The maximum absolute atomic E-state index is 13.0. The first-order valence-electron chi connectivity index (χ1n) is 15.4. The molecule has 4 aromatic rings. The number of benzene rings is 2. The van der Waals surface area contributed by atoms with Gasteiger partial charge < -0.3 is 19.9 Å². The molecule has 0 saturated carbocycles. The summed E-state index contributed by atoms with van der Waals surface area (Å²) in [6.45, 7) is 1.43. The van der Waals surface area contributed by atoms with E-state index in [0.29, 0.717) is 23.7 Å². The number of aryl methyl sites for hydroxylation is 3. The number of rotatable bonds is 9. The fourth-order valence-electron chi connectivity index (χ4n) is 5.87. The fraction of sp³-hybridized carbons (Fsp3) is 0.278. The van der Waals surface area contributed by atoms with E-state index in [4.69, 9.17) is 14.8 Å². The van der Waals surface area contributed by atoms with Gasteiger partial charge in [0, 0.05) is 68.9 Å². The van der Waals surface area contributed by atoms with E-state index in [-0.39, 0.29) is 5.91 Å². The molecule has 10 nitrogen and oxygen atoms in total. The number of hydrogen-bond acceptors (Lipinski definition) is 7. The molecule has 2 aromatic heterocycles. The van der Waals surface area contributed by atoms with Crippen LogP contribution in [0.25, 0.3) is 28.0 Å². The van der Waals surface area contributed by atoms with Crippen LogP contribution in [0, 0.1) is 0 Å². The van der Waals surface area contributed by atoms with Crippen LogP contribution in [-0.2, 0) is 20.5 Å². The summed E-state index contributed by atoms with van der Waals surface area (Å²) in [6.07, 6.45) is 13.7. The molecule has 1 amide bonds. The van der Waals surface area contributed by atoms with Crippen LogP contribution in [-0.4, -0.2) is 82.8 Å². The van der Waals surface area contributed by atoms with Crippen LogP contribution >= 0.6 is 0 Å². The Hall–Kier alpha value is -5.22. The van der Waals surface area contributed by atoms with Gasteiger partial charge in [0.1, 0.15) is 11.6 Å². The average Bonchev–Trinajstić information content (AvgIpc) is 3.63. The molecule has 1 N–H and O–H groups in total. The molecule has 2 aliphatic rings. The molecule has 1 aliphatic carbocycles. The third kappa shape index (κ3) is 6.29. The lowest BCUT2D eigenvalue weighted by molar-refractivity contribution is 0.0786.